The first-order valence-electron chi connectivity index (χ1n) is 13.6. The minimum atomic E-state index is -3.44. The van der Waals surface area contributed by atoms with Crippen LogP contribution in [0.4, 0.5) is 11.4 Å². The van der Waals surface area contributed by atoms with Crippen molar-refractivity contribution in [3.05, 3.63) is 94.5 Å². The third-order valence-corrected chi connectivity index (χ3v) is 8.34. The van der Waals surface area contributed by atoms with E-state index in [-0.39, 0.29) is 11.8 Å². The van der Waals surface area contributed by atoms with Crippen molar-refractivity contribution in [3.8, 4) is 0 Å². The van der Waals surface area contributed by atoms with Crippen LogP contribution in [-0.4, -0.2) is 69.7 Å². The summed E-state index contributed by atoms with van der Waals surface area (Å²) in [5.74, 6) is -0.349. The molecule has 0 bridgehead atoms. The Balaban J connectivity index is 1.28. The molecule has 9 nitrogen and oxygen atoms in total. The molecule has 5 rings (SSSR count). The van der Waals surface area contributed by atoms with Crippen LogP contribution in [-0.2, 0) is 39.0 Å². The molecule has 0 spiro atoms. The van der Waals surface area contributed by atoms with E-state index in [2.05, 4.69) is 26.3 Å². The number of amides is 2. The highest BCUT2D eigenvalue weighted by Crippen LogP contribution is 2.27. The van der Waals surface area contributed by atoms with Crippen molar-refractivity contribution in [1.82, 2.24) is 15.5 Å². The molecule has 0 saturated carbocycles. The number of hydrogen-bond acceptors (Lipinski definition) is 6. The molecule has 3 N–H and O–H groups in total. The summed E-state index contributed by atoms with van der Waals surface area (Å²) < 4.78 is 26.3. The molecule has 11 heteroatoms. The predicted octanol–water partition coefficient (Wildman–Crippen LogP) is 2.80. The number of piperazine rings is 1. The average Bonchev–Trinajstić information content (AvgIpc) is 2.97. The first-order chi connectivity index (χ1) is 19.7. The number of anilines is 2. The topological polar surface area (TPSA) is 111 Å². The van der Waals surface area contributed by atoms with E-state index in [1.165, 1.54) is 5.56 Å². The molecule has 2 heterocycles. The van der Waals surface area contributed by atoms with Crippen LogP contribution in [0.2, 0.25) is 5.02 Å². The second-order valence-electron chi connectivity index (χ2n) is 10.5. The van der Waals surface area contributed by atoms with Crippen LogP contribution < -0.4 is 20.3 Å². The first kappa shape index (κ1) is 28.9. The minimum absolute atomic E-state index is 0.147. The Morgan fingerprint density at radius 2 is 1.61 bits per heavy atom. The highest BCUT2D eigenvalue weighted by molar-refractivity contribution is 7.92. The standard InChI is InChI=1S/C30H34ClN5O4S/c1-41(39,40)34-25-8-4-5-9-28(25)35-14-16-36(17-15-35)30(38)27(18-21-10-12-24(31)13-11-21)33-29(37)26-19-22-6-2-3-7-23(22)20-32-26/h2-13,26-27,32,34H,14-20H2,1H3,(H,33,37)/t26-,27+/m0/s1. The van der Waals surface area contributed by atoms with Crippen LogP contribution in [0.15, 0.2) is 72.8 Å². The Bertz CT molecular complexity index is 1510. The van der Waals surface area contributed by atoms with Gasteiger partial charge in [-0.05, 0) is 47.4 Å². The lowest BCUT2D eigenvalue weighted by Crippen LogP contribution is -2.58. The zero-order valence-corrected chi connectivity index (χ0v) is 24.4. The lowest BCUT2D eigenvalue weighted by Gasteiger charge is -2.38. The molecule has 2 aliphatic heterocycles. The van der Waals surface area contributed by atoms with Gasteiger partial charge in [-0.15, -0.1) is 0 Å². The number of fused-ring (bicyclic) bond motifs is 1. The van der Waals surface area contributed by atoms with Crippen LogP contribution in [0.5, 0.6) is 0 Å². The van der Waals surface area contributed by atoms with Gasteiger partial charge in [0.25, 0.3) is 0 Å². The van der Waals surface area contributed by atoms with E-state index >= 15 is 0 Å². The first-order valence-corrected chi connectivity index (χ1v) is 15.9. The number of nitrogens with one attached hydrogen (secondary N) is 3. The van der Waals surface area contributed by atoms with Gasteiger partial charge < -0.3 is 20.4 Å². The van der Waals surface area contributed by atoms with Crippen LogP contribution in [0, 0.1) is 0 Å². The van der Waals surface area contributed by atoms with E-state index in [0.29, 0.717) is 56.3 Å². The zero-order valence-electron chi connectivity index (χ0n) is 22.8. The molecular weight excluding hydrogens is 562 g/mol. The van der Waals surface area contributed by atoms with E-state index < -0.39 is 22.1 Å². The van der Waals surface area contributed by atoms with Crippen LogP contribution in [0.25, 0.3) is 0 Å². The lowest BCUT2D eigenvalue weighted by molar-refractivity contribution is -0.137. The van der Waals surface area contributed by atoms with Gasteiger partial charge in [0.1, 0.15) is 6.04 Å². The highest BCUT2D eigenvalue weighted by atomic mass is 35.5. The van der Waals surface area contributed by atoms with Crippen molar-refractivity contribution in [2.24, 2.45) is 0 Å². The molecule has 0 unspecified atom stereocenters. The molecule has 1 fully saturated rings. The van der Waals surface area contributed by atoms with E-state index in [0.717, 1.165) is 23.1 Å². The number of benzene rings is 3. The molecule has 0 aromatic heterocycles. The molecule has 216 valence electrons. The van der Waals surface area contributed by atoms with E-state index in [9.17, 15) is 18.0 Å². The normalized spacial score (nSPS) is 17.9. The molecule has 2 amide bonds. The second kappa shape index (κ2) is 12.5. The van der Waals surface area contributed by atoms with Crippen molar-refractivity contribution in [1.29, 1.82) is 0 Å². The summed E-state index contributed by atoms with van der Waals surface area (Å²) in [6.07, 6.45) is 2.02. The van der Waals surface area contributed by atoms with Gasteiger partial charge in [0.05, 0.1) is 23.7 Å². The third kappa shape index (κ3) is 7.38. The maximum atomic E-state index is 13.8. The Morgan fingerprint density at radius 3 is 2.32 bits per heavy atom. The maximum absolute atomic E-state index is 13.8. The molecule has 0 aliphatic carbocycles. The van der Waals surface area contributed by atoms with Crippen molar-refractivity contribution in [2.75, 3.05) is 42.1 Å². The average molecular weight is 596 g/mol. The summed E-state index contributed by atoms with van der Waals surface area (Å²) in [7, 11) is -3.44. The van der Waals surface area contributed by atoms with Gasteiger partial charge in [-0.25, -0.2) is 8.42 Å². The molecule has 1 saturated heterocycles. The summed E-state index contributed by atoms with van der Waals surface area (Å²) in [5, 5.41) is 6.95. The van der Waals surface area contributed by atoms with E-state index in [1.807, 2.05) is 42.5 Å². The Morgan fingerprint density at radius 1 is 0.951 bits per heavy atom. The molecule has 3 aromatic rings. The van der Waals surface area contributed by atoms with Crippen molar-refractivity contribution >= 4 is 44.8 Å². The Labute approximate surface area is 245 Å². The summed E-state index contributed by atoms with van der Waals surface area (Å²) in [6, 6.07) is 21.4. The van der Waals surface area contributed by atoms with Crippen LogP contribution in [0.1, 0.15) is 16.7 Å². The molecule has 2 atom stereocenters. The Kier molecular flexibility index (Phi) is 8.82. The molecule has 3 aromatic carbocycles. The number of hydrogen-bond donors (Lipinski definition) is 3. The van der Waals surface area contributed by atoms with E-state index in [1.54, 1.807) is 29.2 Å². The third-order valence-electron chi connectivity index (χ3n) is 7.50. The number of halogens is 1. The van der Waals surface area contributed by atoms with Crippen molar-refractivity contribution < 1.29 is 18.0 Å². The smallest absolute Gasteiger partial charge is 0.245 e. The maximum Gasteiger partial charge on any atom is 0.245 e. The zero-order chi connectivity index (χ0) is 29.0. The van der Waals surface area contributed by atoms with Gasteiger partial charge in [-0.1, -0.05) is 60.1 Å². The summed E-state index contributed by atoms with van der Waals surface area (Å²) in [5.41, 5.74) is 4.48. The summed E-state index contributed by atoms with van der Waals surface area (Å²) in [6.45, 7) is 2.53. The fourth-order valence-electron chi connectivity index (χ4n) is 5.39. The monoisotopic (exact) mass is 595 g/mol. The van der Waals surface area contributed by atoms with Gasteiger partial charge in [-0.3, -0.25) is 14.3 Å². The van der Waals surface area contributed by atoms with E-state index in [4.69, 9.17) is 11.6 Å². The largest absolute Gasteiger partial charge is 0.366 e. The summed E-state index contributed by atoms with van der Waals surface area (Å²) in [4.78, 5) is 31.1. The number of carbonyl (C=O) groups is 2. The second-order valence-corrected chi connectivity index (χ2v) is 12.7. The minimum Gasteiger partial charge on any atom is -0.366 e. The van der Waals surface area contributed by atoms with Gasteiger partial charge in [0, 0.05) is 44.2 Å². The molecule has 2 aliphatic rings. The number of nitrogens with zero attached hydrogens (tertiary/aromatic N) is 2. The fraction of sp³-hybridized carbons (Fsp3) is 0.333. The number of para-hydroxylation sites is 2. The number of rotatable bonds is 8. The number of sulfonamides is 1. The van der Waals surface area contributed by atoms with Gasteiger partial charge >= 0.3 is 0 Å². The van der Waals surface area contributed by atoms with Crippen LogP contribution in [0.3, 0.4) is 0 Å². The molecule has 41 heavy (non-hydrogen) atoms. The SMILES string of the molecule is CS(=O)(=O)Nc1ccccc1N1CCN(C(=O)[C@@H](Cc2ccc(Cl)cc2)NC(=O)[C@@H]2Cc3ccccc3CN2)CC1. The van der Waals surface area contributed by atoms with Gasteiger partial charge in [-0.2, -0.15) is 0 Å². The van der Waals surface area contributed by atoms with Crippen molar-refractivity contribution in [2.45, 2.75) is 31.5 Å². The lowest BCUT2D eigenvalue weighted by atomic mass is 9.95. The predicted molar refractivity (Wildman–Crippen MR) is 162 cm³/mol. The highest BCUT2D eigenvalue weighted by Gasteiger charge is 2.32. The summed E-state index contributed by atoms with van der Waals surface area (Å²) >= 11 is 6.07. The molecular formula is C30H34ClN5O4S. The van der Waals surface area contributed by atoms with Gasteiger partial charge in [0.2, 0.25) is 21.8 Å². The fourth-order valence-corrected chi connectivity index (χ4v) is 6.09. The van der Waals surface area contributed by atoms with Crippen LogP contribution >= 0.6 is 11.6 Å². The quantitative estimate of drug-likeness (QED) is 0.369. The van der Waals surface area contributed by atoms with Gasteiger partial charge in [0.15, 0.2) is 0 Å². The molecule has 0 radical (unpaired) electrons. The Hall–Kier alpha value is -3.60. The van der Waals surface area contributed by atoms with Crippen molar-refractivity contribution in [3.63, 3.8) is 0 Å². The number of carbonyl (C=O) groups excluding carboxylic acids is 2.